The number of nitrogens with one attached hydrogen (secondary N) is 1. The third-order valence-corrected chi connectivity index (χ3v) is 2.77. The maximum atomic E-state index is 11.1. The lowest BCUT2D eigenvalue weighted by molar-refractivity contribution is -0.121. The summed E-state index contributed by atoms with van der Waals surface area (Å²) in [5.74, 6) is 0.102. The highest BCUT2D eigenvalue weighted by molar-refractivity contribution is 5.76. The minimum Gasteiger partial charge on any atom is -0.356 e. The maximum absolute atomic E-state index is 11.1. The van der Waals surface area contributed by atoms with E-state index in [1.807, 2.05) is 0 Å². The first kappa shape index (κ1) is 10.5. The molecule has 0 bridgehead atoms. The van der Waals surface area contributed by atoms with Crippen LogP contribution in [0.5, 0.6) is 0 Å². The van der Waals surface area contributed by atoms with Crippen LogP contribution in [-0.4, -0.2) is 19.0 Å². The average molecular weight is 184 g/mol. The molecule has 0 heterocycles. The summed E-state index contributed by atoms with van der Waals surface area (Å²) in [5.41, 5.74) is 5.74. The predicted molar refractivity (Wildman–Crippen MR) is 53.3 cm³/mol. The molecular weight excluding hydrogens is 164 g/mol. The predicted octanol–water partition coefficient (Wildman–Crippen LogP) is 1.03. The molecule has 3 heteroatoms. The summed E-state index contributed by atoms with van der Waals surface area (Å²) in [7, 11) is 0. The molecule has 3 N–H and O–H groups in total. The van der Waals surface area contributed by atoms with Gasteiger partial charge in [0.1, 0.15) is 0 Å². The highest BCUT2D eigenvalue weighted by Crippen LogP contribution is 2.48. The van der Waals surface area contributed by atoms with Crippen molar-refractivity contribution in [2.45, 2.75) is 39.0 Å². The third kappa shape index (κ3) is 3.35. The molecule has 1 rings (SSSR count). The number of nitrogens with two attached hydrogens (primary N) is 1. The number of hydrogen-bond acceptors (Lipinski definition) is 2. The number of amides is 1. The van der Waals surface area contributed by atoms with Crippen molar-refractivity contribution in [3.8, 4) is 0 Å². The first-order chi connectivity index (χ1) is 6.22. The van der Waals surface area contributed by atoms with E-state index in [1.54, 1.807) is 0 Å². The Labute approximate surface area is 80.1 Å². The fourth-order valence-electron chi connectivity index (χ4n) is 1.73. The molecule has 0 aromatic carbocycles. The van der Waals surface area contributed by atoms with Crippen LogP contribution in [-0.2, 0) is 4.79 Å². The third-order valence-electron chi connectivity index (χ3n) is 2.77. The number of carbonyl (C=O) groups excluding carboxylic acids is 1. The molecule has 1 fully saturated rings. The molecule has 0 radical (unpaired) electrons. The van der Waals surface area contributed by atoms with Gasteiger partial charge in [0.25, 0.3) is 0 Å². The van der Waals surface area contributed by atoms with E-state index < -0.39 is 0 Å². The topological polar surface area (TPSA) is 55.1 Å². The highest BCUT2D eigenvalue weighted by Gasteiger charge is 2.41. The summed E-state index contributed by atoms with van der Waals surface area (Å²) in [4.78, 5) is 11.1. The second kappa shape index (κ2) is 4.61. The molecule has 1 aliphatic carbocycles. The molecule has 0 saturated heterocycles. The monoisotopic (exact) mass is 184 g/mol. The molecule has 0 aliphatic heterocycles. The van der Waals surface area contributed by atoms with Crippen LogP contribution in [0.15, 0.2) is 0 Å². The van der Waals surface area contributed by atoms with Crippen molar-refractivity contribution in [1.29, 1.82) is 0 Å². The lowest BCUT2D eigenvalue weighted by atomic mass is 10.0. The van der Waals surface area contributed by atoms with Gasteiger partial charge in [0.2, 0.25) is 5.91 Å². The van der Waals surface area contributed by atoms with E-state index in [-0.39, 0.29) is 5.91 Å². The number of rotatable bonds is 6. The Bertz CT molecular complexity index is 176. The molecule has 0 spiro atoms. The molecule has 1 saturated carbocycles. The SMILES string of the molecule is CCCC1(CNC(=O)CCN)CC1. The molecule has 0 aromatic heterocycles. The van der Waals surface area contributed by atoms with Gasteiger partial charge in [-0.1, -0.05) is 13.3 Å². The van der Waals surface area contributed by atoms with E-state index in [2.05, 4.69) is 12.2 Å². The van der Waals surface area contributed by atoms with E-state index in [4.69, 9.17) is 5.73 Å². The molecule has 1 aliphatic rings. The standard InChI is InChI=1S/C10H20N2O/c1-2-4-10(5-6-10)8-12-9(13)3-7-11/h2-8,11H2,1H3,(H,12,13). The maximum Gasteiger partial charge on any atom is 0.221 e. The Morgan fingerprint density at radius 1 is 1.54 bits per heavy atom. The molecule has 3 nitrogen and oxygen atoms in total. The quantitative estimate of drug-likeness (QED) is 0.648. The second-order valence-corrected chi connectivity index (χ2v) is 4.07. The van der Waals surface area contributed by atoms with E-state index in [1.165, 1.54) is 25.7 Å². The van der Waals surface area contributed by atoms with Crippen LogP contribution in [0.1, 0.15) is 39.0 Å². The van der Waals surface area contributed by atoms with Crippen molar-refractivity contribution in [3.05, 3.63) is 0 Å². The van der Waals surface area contributed by atoms with E-state index in [9.17, 15) is 4.79 Å². The number of hydrogen-bond donors (Lipinski definition) is 2. The van der Waals surface area contributed by atoms with Gasteiger partial charge in [-0.3, -0.25) is 4.79 Å². The van der Waals surface area contributed by atoms with E-state index >= 15 is 0 Å². The summed E-state index contributed by atoms with van der Waals surface area (Å²) in [6, 6.07) is 0. The Hall–Kier alpha value is -0.570. The fourth-order valence-corrected chi connectivity index (χ4v) is 1.73. The molecular formula is C10H20N2O. The minimum atomic E-state index is 0.102. The van der Waals surface area contributed by atoms with Gasteiger partial charge in [0.05, 0.1) is 0 Å². The van der Waals surface area contributed by atoms with Gasteiger partial charge in [-0.25, -0.2) is 0 Å². The zero-order valence-corrected chi connectivity index (χ0v) is 8.44. The normalized spacial score (nSPS) is 18.3. The average Bonchev–Trinajstić information content (AvgIpc) is 2.84. The zero-order valence-electron chi connectivity index (χ0n) is 8.44. The zero-order chi connectivity index (χ0) is 9.73. The molecule has 0 atom stereocenters. The Kier molecular flexibility index (Phi) is 3.72. The van der Waals surface area contributed by atoms with Gasteiger partial charge in [-0.05, 0) is 24.7 Å². The molecule has 1 amide bonds. The van der Waals surface area contributed by atoms with E-state index in [0.29, 0.717) is 18.4 Å². The molecule has 13 heavy (non-hydrogen) atoms. The highest BCUT2D eigenvalue weighted by atomic mass is 16.1. The fraction of sp³-hybridized carbons (Fsp3) is 0.900. The molecule has 0 aromatic rings. The Morgan fingerprint density at radius 3 is 2.69 bits per heavy atom. The molecule has 76 valence electrons. The van der Waals surface area contributed by atoms with Gasteiger partial charge in [-0.2, -0.15) is 0 Å². The lowest BCUT2D eigenvalue weighted by Gasteiger charge is -2.14. The van der Waals surface area contributed by atoms with Gasteiger partial charge in [0.15, 0.2) is 0 Å². The first-order valence-corrected chi connectivity index (χ1v) is 5.19. The first-order valence-electron chi connectivity index (χ1n) is 5.19. The Balaban J connectivity index is 2.14. The van der Waals surface area contributed by atoms with Crippen LogP contribution < -0.4 is 11.1 Å². The lowest BCUT2D eigenvalue weighted by Crippen LogP contribution is -2.31. The van der Waals surface area contributed by atoms with Gasteiger partial charge in [0, 0.05) is 19.5 Å². The second-order valence-electron chi connectivity index (χ2n) is 4.07. The van der Waals surface area contributed by atoms with Crippen LogP contribution in [0.2, 0.25) is 0 Å². The summed E-state index contributed by atoms with van der Waals surface area (Å²) in [5, 5.41) is 2.95. The van der Waals surface area contributed by atoms with Crippen LogP contribution >= 0.6 is 0 Å². The van der Waals surface area contributed by atoms with Crippen molar-refractivity contribution in [2.75, 3.05) is 13.1 Å². The van der Waals surface area contributed by atoms with Crippen LogP contribution in [0.25, 0.3) is 0 Å². The van der Waals surface area contributed by atoms with Crippen LogP contribution in [0, 0.1) is 5.41 Å². The summed E-state index contributed by atoms with van der Waals surface area (Å²) >= 11 is 0. The van der Waals surface area contributed by atoms with Crippen molar-refractivity contribution in [3.63, 3.8) is 0 Å². The summed E-state index contributed by atoms with van der Waals surface area (Å²) < 4.78 is 0. The van der Waals surface area contributed by atoms with Crippen molar-refractivity contribution >= 4 is 5.91 Å². The number of carbonyl (C=O) groups is 1. The summed E-state index contributed by atoms with van der Waals surface area (Å²) in [6.07, 6.45) is 5.48. The van der Waals surface area contributed by atoms with Crippen LogP contribution in [0.3, 0.4) is 0 Å². The van der Waals surface area contributed by atoms with Crippen molar-refractivity contribution in [2.24, 2.45) is 11.1 Å². The summed E-state index contributed by atoms with van der Waals surface area (Å²) in [6.45, 7) is 3.51. The Morgan fingerprint density at radius 2 is 2.23 bits per heavy atom. The van der Waals surface area contributed by atoms with Gasteiger partial charge < -0.3 is 11.1 Å². The van der Waals surface area contributed by atoms with E-state index in [0.717, 1.165) is 6.54 Å². The van der Waals surface area contributed by atoms with Crippen LogP contribution in [0.4, 0.5) is 0 Å². The minimum absolute atomic E-state index is 0.102. The smallest absolute Gasteiger partial charge is 0.221 e. The van der Waals surface area contributed by atoms with Gasteiger partial charge in [-0.15, -0.1) is 0 Å². The van der Waals surface area contributed by atoms with Crippen molar-refractivity contribution in [1.82, 2.24) is 5.32 Å². The largest absolute Gasteiger partial charge is 0.356 e. The molecule has 0 unspecified atom stereocenters. The van der Waals surface area contributed by atoms with Crippen molar-refractivity contribution < 1.29 is 4.79 Å². The van der Waals surface area contributed by atoms with Gasteiger partial charge >= 0.3 is 0 Å².